The Kier molecular flexibility index (Phi) is 4.75. The van der Waals surface area contributed by atoms with Crippen molar-refractivity contribution in [2.45, 2.75) is 41.6 Å². The lowest BCUT2D eigenvalue weighted by Crippen LogP contribution is -2.62. The first-order valence-corrected chi connectivity index (χ1v) is 10.4. The van der Waals surface area contributed by atoms with Crippen molar-refractivity contribution in [1.82, 2.24) is 10.2 Å². The average molecular weight is 375 g/mol. The fraction of sp³-hybridized carbons (Fsp3) is 0.421. The maximum atomic E-state index is 12.7. The van der Waals surface area contributed by atoms with Crippen LogP contribution in [0, 0.1) is 5.92 Å². The summed E-state index contributed by atoms with van der Waals surface area (Å²) in [5.41, 5.74) is 0. The molecule has 0 unspecified atom stereocenters. The molecular weight excluding hydrogens is 352 g/mol. The number of nitrogens with zero attached hydrogens (tertiary/aromatic N) is 1. The van der Waals surface area contributed by atoms with Gasteiger partial charge in [-0.15, -0.1) is 11.3 Å². The smallest absolute Gasteiger partial charge is 0.261 e. The van der Waals surface area contributed by atoms with Gasteiger partial charge < -0.3 is 10.4 Å². The molecule has 25 heavy (non-hydrogen) atoms. The summed E-state index contributed by atoms with van der Waals surface area (Å²) in [6.07, 6.45) is 2.39. The Balaban J connectivity index is 1.41. The Labute approximate surface area is 156 Å². The zero-order valence-electron chi connectivity index (χ0n) is 14.1. The molecule has 0 radical (unpaired) electrons. The van der Waals surface area contributed by atoms with E-state index in [0.29, 0.717) is 12.0 Å². The van der Waals surface area contributed by atoms with Crippen LogP contribution in [0.5, 0.6) is 5.75 Å². The van der Waals surface area contributed by atoms with E-state index in [4.69, 9.17) is 0 Å². The third-order valence-electron chi connectivity index (χ3n) is 5.35. The number of benzene rings is 1. The van der Waals surface area contributed by atoms with Crippen molar-refractivity contribution in [3.63, 3.8) is 0 Å². The summed E-state index contributed by atoms with van der Waals surface area (Å²) >= 11 is 3.10. The summed E-state index contributed by atoms with van der Waals surface area (Å²) in [7, 11) is 0. The van der Waals surface area contributed by atoms with Crippen LogP contribution in [0.4, 0.5) is 0 Å². The normalized spacial score (nSPS) is 28.0. The second-order valence-corrected chi connectivity index (χ2v) is 8.91. The molecule has 0 aliphatic carbocycles. The summed E-state index contributed by atoms with van der Waals surface area (Å²) < 4.78 is 0. The lowest BCUT2D eigenvalue weighted by Gasteiger charge is -2.49. The van der Waals surface area contributed by atoms with Crippen LogP contribution in [0.25, 0.3) is 0 Å². The topological polar surface area (TPSA) is 52.6 Å². The summed E-state index contributed by atoms with van der Waals surface area (Å²) in [5.74, 6) is 0.935. The number of phenolic OH excluding ortho intramolecular Hbond substituents is 1. The molecule has 0 spiro atoms. The minimum absolute atomic E-state index is 0.0492. The number of thiophene rings is 1. The summed E-state index contributed by atoms with van der Waals surface area (Å²) in [6.45, 7) is 4.58. The van der Waals surface area contributed by atoms with Crippen LogP contribution < -0.4 is 5.32 Å². The number of amides is 1. The first-order chi connectivity index (χ1) is 12.1. The van der Waals surface area contributed by atoms with Crippen molar-refractivity contribution in [3.05, 3.63) is 40.6 Å². The molecule has 3 aliphatic rings. The number of fused-ring (bicyclic) bond motifs is 3. The number of nitrogens with one attached hydrogen (secondary N) is 1. The first-order valence-electron chi connectivity index (χ1n) is 8.70. The number of phenols is 1. The molecule has 0 saturated carbocycles. The Hall–Kier alpha value is -1.50. The molecular formula is C19H22N2O2S2. The number of carbonyl (C=O) groups is 1. The van der Waals surface area contributed by atoms with Crippen LogP contribution in [-0.2, 0) is 0 Å². The Bertz CT molecular complexity index is 749. The molecule has 2 bridgehead atoms. The van der Waals surface area contributed by atoms with Gasteiger partial charge in [-0.2, -0.15) is 0 Å². The van der Waals surface area contributed by atoms with Gasteiger partial charge in [0.2, 0.25) is 0 Å². The van der Waals surface area contributed by atoms with Gasteiger partial charge in [-0.25, -0.2) is 0 Å². The number of hydrogen-bond donors (Lipinski definition) is 2. The fourth-order valence-electron chi connectivity index (χ4n) is 3.91. The molecule has 3 fully saturated rings. The summed E-state index contributed by atoms with van der Waals surface area (Å²) in [4.78, 5) is 18.1. The van der Waals surface area contributed by atoms with Crippen molar-refractivity contribution in [3.8, 4) is 5.75 Å². The Morgan fingerprint density at radius 1 is 1.24 bits per heavy atom. The zero-order valence-corrected chi connectivity index (χ0v) is 15.8. The van der Waals surface area contributed by atoms with Gasteiger partial charge in [0.05, 0.1) is 4.88 Å². The standard InChI is InChI=1S/C19H22N2O2S2/c1-12-18(13-6-8-21(12)9-7-13)20-19(23)17-10-16(11-24-17)25-15-4-2-14(22)3-5-15/h2-5,10-13,18,22H,6-9H2,1H3,(H,20,23)/t12-,18-/m0/s1. The van der Waals surface area contributed by atoms with E-state index < -0.39 is 0 Å². The van der Waals surface area contributed by atoms with Gasteiger partial charge in [-0.05, 0) is 69.1 Å². The maximum Gasteiger partial charge on any atom is 0.261 e. The van der Waals surface area contributed by atoms with Crippen LogP contribution >= 0.6 is 23.1 Å². The summed E-state index contributed by atoms with van der Waals surface area (Å²) in [5, 5.41) is 14.7. The van der Waals surface area contributed by atoms with Gasteiger partial charge in [-0.3, -0.25) is 9.69 Å². The second-order valence-electron chi connectivity index (χ2n) is 6.86. The van der Waals surface area contributed by atoms with Crippen molar-refractivity contribution in [2.24, 2.45) is 5.92 Å². The molecule has 6 heteroatoms. The lowest BCUT2D eigenvalue weighted by atomic mass is 9.79. The van der Waals surface area contributed by atoms with Crippen LogP contribution in [-0.4, -0.2) is 41.1 Å². The third-order valence-corrected chi connectivity index (χ3v) is 7.40. The summed E-state index contributed by atoms with van der Waals surface area (Å²) in [6, 6.07) is 9.78. The molecule has 1 aromatic carbocycles. The maximum absolute atomic E-state index is 12.7. The van der Waals surface area contributed by atoms with Crippen LogP contribution in [0.15, 0.2) is 45.5 Å². The molecule has 1 aromatic heterocycles. The van der Waals surface area contributed by atoms with E-state index in [1.807, 2.05) is 23.6 Å². The minimum Gasteiger partial charge on any atom is -0.508 e. The van der Waals surface area contributed by atoms with Crippen LogP contribution in [0.1, 0.15) is 29.4 Å². The molecule has 2 atom stereocenters. The lowest BCUT2D eigenvalue weighted by molar-refractivity contribution is 0.0218. The monoisotopic (exact) mass is 374 g/mol. The number of piperidine rings is 3. The largest absolute Gasteiger partial charge is 0.508 e. The molecule has 4 nitrogen and oxygen atoms in total. The van der Waals surface area contributed by atoms with E-state index >= 15 is 0 Å². The molecule has 132 valence electrons. The highest BCUT2D eigenvalue weighted by Gasteiger charge is 2.40. The zero-order chi connectivity index (χ0) is 17.4. The predicted molar refractivity (Wildman–Crippen MR) is 102 cm³/mol. The van der Waals surface area contributed by atoms with Gasteiger partial charge >= 0.3 is 0 Å². The molecule has 4 heterocycles. The SMILES string of the molecule is C[C@H]1[C@H](NC(=O)c2cc(Sc3ccc(O)cc3)cs2)C2CCN1CC2. The van der Waals surface area contributed by atoms with Crippen LogP contribution in [0.2, 0.25) is 0 Å². The minimum atomic E-state index is 0.0492. The fourth-order valence-corrected chi connectivity index (χ4v) is 5.71. The quantitative estimate of drug-likeness (QED) is 0.854. The Morgan fingerprint density at radius 2 is 1.96 bits per heavy atom. The van der Waals surface area contributed by atoms with Gasteiger partial charge in [0.1, 0.15) is 5.75 Å². The molecule has 2 N–H and O–H groups in total. The molecule has 3 saturated heterocycles. The van der Waals surface area contributed by atoms with Gasteiger partial charge in [0.15, 0.2) is 0 Å². The number of carbonyl (C=O) groups excluding carboxylic acids is 1. The van der Waals surface area contributed by atoms with Crippen molar-refractivity contribution < 1.29 is 9.90 Å². The van der Waals surface area contributed by atoms with Crippen LogP contribution in [0.3, 0.4) is 0 Å². The highest BCUT2D eigenvalue weighted by atomic mass is 32.2. The van der Waals surface area contributed by atoms with Gasteiger partial charge in [0, 0.05) is 27.3 Å². The molecule has 3 aliphatic heterocycles. The first kappa shape index (κ1) is 16.9. The van der Waals surface area contributed by atoms with E-state index in [9.17, 15) is 9.90 Å². The third kappa shape index (κ3) is 3.57. The van der Waals surface area contributed by atoms with E-state index in [0.717, 1.165) is 14.7 Å². The van der Waals surface area contributed by atoms with Crippen molar-refractivity contribution in [1.29, 1.82) is 0 Å². The van der Waals surface area contributed by atoms with E-state index in [1.165, 1.54) is 37.3 Å². The highest BCUT2D eigenvalue weighted by molar-refractivity contribution is 7.99. The second kappa shape index (κ2) is 7.02. The van der Waals surface area contributed by atoms with Crippen molar-refractivity contribution >= 4 is 29.0 Å². The van der Waals surface area contributed by atoms with Gasteiger partial charge in [-0.1, -0.05) is 11.8 Å². The number of hydrogen-bond acceptors (Lipinski definition) is 5. The highest BCUT2D eigenvalue weighted by Crippen LogP contribution is 2.34. The average Bonchev–Trinajstić information content (AvgIpc) is 3.09. The number of aromatic hydroxyl groups is 1. The predicted octanol–water partition coefficient (Wildman–Crippen LogP) is 3.82. The molecule has 5 rings (SSSR count). The molecule has 2 aromatic rings. The molecule has 1 amide bonds. The van der Waals surface area contributed by atoms with Gasteiger partial charge in [0.25, 0.3) is 5.91 Å². The van der Waals surface area contributed by atoms with E-state index in [2.05, 4.69) is 17.1 Å². The van der Waals surface area contributed by atoms with Crippen molar-refractivity contribution in [2.75, 3.05) is 13.1 Å². The van der Waals surface area contributed by atoms with E-state index in [1.54, 1.807) is 23.9 Å². The number of rotatable bonds is 4. The Morgan fingerprint density at radius 3 is 2.64 bits per heavy atom. The van der Waals surface area contributed by atoms with E-state index in [-0.39, 0.29) is 17.7 Å².